The van der Waals surface area contributed by atoms with Gasteiger partial charge in [0, 0.05) is 49.8 Å². The quantitative estimate of drug-likeness (QED) is 0.586. The summed E-state index contributed by atoms with van der Waals surface area (Å²) in [5, 5.41) is 13.1. The zero-order chi connectivity index (χ0) is 25.1. The third-order valence-corrected chi connectivity index (χ3v) is 6.62. The van der Waals surface area contributed by atoms with Gasteiger partial charge in [-0.05, 0) is 49.0 Å². The zero-order valence-electron chi connectivity index (χ0n) is 21.5. The van der Waals surface area contributed by atoms with Gasteiger partial charge in [-0.25, -0.2) is 4.99 Å². The van der Waals surface area contributed by atoms with Crippen LogP contribution in [-0.4, -0.2) is 60.9 Å². The highest BCUT2D eigenvalue weighted by molar-refractivity contribution is 6.00. The molecular weight excluding hydrogens is 444 g/mol. The number of aliphatic imine (C=N–C) groups is 1. The van der Waals surface area contributed by atoms with Crippen LogP contribution in [0.15, 0.2) is 52.6 Å². The lowest BCUT2D eigenvalue weighted by Gasteiger charge is -2.35. The molecule has 8 heteroatoms. The zero-order valence-corrected chi connectivity index (χ0v) is 21.5. The second-order valence-electron chi connectivity index (χ2n) is 9.09. The summed E-state index contributed by atoms with van der Waals surface area (Å²) in [6.45, 7) is 8.68. The number of rotatable bonds is 8. The van der Waals surface area contributed by atoms with E-state index < -0.39 is 0 Å². The van der Waals surface area contributed by atoms with Gasteiger partial charge in [0.2, 0.25) is 5.75 Å². The Kier molecular flexibility index (Phi) is 7.52. The van der Waals surface area contributed by atoms with Crippen LogP contribution < -0.4 is 19.5 Å². The first-order chi connectivity index (χ1) is 16.9. The highest BCUT2D eigenvalue weighted by Crippen LogP contribution is 2.40. The number of hydrogen-bond donors (Lipinski definition) is 2. The van der Waals surface area contributed by atoms with Crippen LogP contribution in [-0.2, 0) is 6.54 Å². The van der Waals surface area contributed by atoms with Crippen LogP contribution in [0.1, 0.15) is 37.8 Å². The van der Waals surface area contributed by atoms with Crippen LogP contribution in [0.2, 0.25) is 0 Å². The van der Waals surface area contributed by atoms with Gasteiger partial charge in [-0.3, -0.25) is 4.90 Å². The minimum absolute atomic E-state index is 0.199. The van der Waals surface area contributed by atoms with Gasteiger partial charge in [0.1, 0.15) is 11.7 Å². The van der Waals surface area contributed by atoms with Crippen LogP contribution in [0.25, 0.3) is 0 Å². The molecule has 0 radical (unpaired) electrons. The number of aromatic nitrogens is 1. The highest BCUT2D eigenvalue weighted by Gasteiger charge is 2.25. The number of allylic oxidation sites excluding steroid dienone is 3. The molecule has 1 saturated heterocycles. The molecule has 0 amide bonds. The van der Waals surface area contributed by atoms with E-state index in [9.17, 15) is 5.11 Å². The molecule has 0 saturated carbocycles. The standard InChI is InChI=1S/C27H36N4O4/c1-7-19-9-8-17(2)27(31-12-18(3)20(14-31)13-30-15-22(32)16-30)29-26(19)28-21-10-23(33-4)25(35-6)24(11-21)34-5/h8,10-12,14,22,28,32H,7,9,13,15-16H2,1-6H3. The number of anilines is 1. The van der Waals surface area contributed by atoms with Gasteiger partial charge in [0.05, 0.1) is 27.4 Å². The Bertz CT molecular complexity index is 1150. The molecule has 2 aliphatic rings. The maximum Gasteiger partial charge on any atom is 0.203 e. The molecule has 2 aromatic rings. The van der Waals surface area contributed by atoms with Crippen LogP contribution in [0, 0.1) is 6.92 Å². The Morgan fingerprint density at radius 3 is 2.31 bits per heavy atom. The molecule has 1 aromatic carbocycles. The molecule has 2 N–H and O–H groups in total. The van der Waals surface area contributed by atoms with E-state index >= 15 is 0 Å². The van der Waals surface area contributed by atoms with Gasteiger partial charge in [0.15, 0.2) is 11.5 Å². The van der Waals surface area contributed by atoms with Crippen LogP contribution in [0.5, 0.6) is 17.2 Å². The highest BCUT2D eigenvalue weighted by atomic mass is 16.5. The first kappa shape index (κ1) is 24.9. The Hall–Kier alpha value is -3.23. The lowest BCUT2D eigenvalue weighted by atomic mass is 10.1. The van der Waals surface area contributed by atoms with E-state index in [4.69, 9.17) is 19.2 Å². The number of aliphatic hydroxyl groups is 1. The molecule has 0 atom stereocenters. The Balaban J connectivity index is 1.68. The van der Waals surface area contributed by atoms with Gasteiger partial charge >= 0.3 is 0 Å². The van der Waals surface area contributed by atoms with Crippen molar-refractivity contribution in [2.75, 3.05) is 39.7 Å². The van der Waals surface area contributed by atoms with Crippen LogP contribution in [0.4, 0.5) is 5.69 Å². The van der Waals surface area contributed by atoms with Crippen molar-refractivity contribution < 1.29 is 19.3 Å². The van der Waals surface area contributed by atoms with Gasteiger partial charge < -0.3 is 29.2 Å². The van der Waals surface area contributed by atoms with Gasteiger partial charge in [0.25, 0.3) is 0 Å². The summed E-state index contributed by atoms with van der Waals surface area (Å²) < 4.78 is 18.6. The molecule has 8 nitrogen and oxygen atoms in total. The monoisotopic (exact) mass is 480 g/mol. The molecule has 4 rings (SSSR count). The predicted molar refractivity (Wildman–Crippen MR) is 139 cm³/mol. The first-order valence-corrected chi connectivity index (χ1v) is 12.0. The Morgan fingerprint density at radius 1 is 1.06 bits per heavy atom. The van der Waals surface area contributed by atoms with Crippen molar-refractivity contribution in [3.05, 3.63) is 58.7 Å². The van der Waals surface area contributed by atoms with Gasteiger partial charge in [-0.15, -0.1) is 0 Å². The van der Waals surface area contributed by atoms with Crippen LogP contribution in [0.3, 0.4) is 0 Å². The second kappa shape index (κ2) is 10.6. The summed E-state index contributed by atoms with van der Waals surface area (Å²) in [6, 6.07) is 3.78. The maximum absolute atomic E-state index is 9.63. The van der Waals surface area contributed by atoms with Gasteiger partial charge in [-0.1, -0.05) is 13.0 Å². The van der Waals surface area contributed by atoms with E-state index in [0.29, 0.717) is 17.2 Å². The Morgan fingerprint density at radius 2 is 1.74 bits per heavy atom. The summed E-state index contributed by atoms with van der Waals surface area (Å²) in [7, 11) is 4.82. The first-order valence-electron chi connectivity index (χ1n) is 12.0. The third-order valence-electron chi connectivity index (χ3n) is 6.62. The van der Waals surface area contributed by atoms with Crippen molar-refractivity contribution in [1.82, 2.24) is 9.47 Å². The summed E-state index contributed by atoms with van der Waals surface area (Å²) in [4.78, 5) is 7.37. The second-order valence-corrected chi connectivity index (χ2v) is 9.09. The van der Waals surface area contributed by atoms with Crippen molar-refractivity contribution in [3.8, 4) is 17.2 Å². The normalized spacial score (nSPS) is 16.9. The molecular formula is C27H36N4O4. The number of hydrogen-bond acceptors (Lipinski definition) is 7. The minimum Gasteiger partial charge on any atom is -0.493 e. The molecule has 1 fully saturated rings. The van der Waals surface area contributed by atoms with Crippen molar-refractivity contribution in [2.45, 2.75) is 46.3 Å². The summed E-state index contributed by atoms with van der Waals surface area (Å²) >= 11 is 0. The lowest BCUT2D eigenvalue weighted by Crippen LogP contribution is -2.49. The average molecular weight is 481 g/mol. The molecule has 0 spiro atoms. The van der Waals surface area contributed by atoms with Crippen molar-refractivity contribution in [1.29, 1.82) is 0 Å². The van der Waals surface area contributed by atoms with E-state index in [1.54, 1.807) is 21.3 Å². The molecule has 188 valence electrons. The number of nitrogens with zero attached hydrogens (tertiary/aromatic N) is 3. The number of methoxy groups -OCH3 is 3. The van der Waals surface area contributed by atoms with Crippen molar-refractivity contribution in [3.63, 3.8) is 0 Å². The number of likely N-dealkylation sites (tertiary alicyclic amines) is 1. The van der Waals surface area contributed by atoms with Crippen LogP contribution >= 0.6 is 0 Å². The number of nitrogens with one attached hydrogen (secondary N) is 1. The Labute approximate surface area is 207 Å². The van der Waals surface area contributed by atoms with E-state index in [2.05, 4.69) is 54.0 Å². The van der Waals surface area contributed by atoms with E-state index in [-0.39, 0.29) is 6.10 Å². The smallest absolute Gasteiger partial charge is 0.203 e. The largest absolute Gasteiger partial charge is 0.493 e. The molecule has 35 heavy (non-hydrogen) atoms. The topological polar surface area (TPSA) is 80.5 Å². The number of β-amino-alcohol motifs (C(OH)–C–C–N with tert-alkyl or cyclic N) is 1. The molecule has 0 unspecified atom stereocenters. The average Bonchev–Trinajstić information content (AvgIpc) is 3.11. The minimum atomic E-state index is -0.199. The molecule has 0 aliphatic carbocycles. The number of aliphatic hydroxyl groups excluding tert-OH is 1. The molecule has 1 aromatic heterocycles. The van der Waals surface area contributed by atoms with Crippen molar-refractivity contribution >= 4 is 11.5 Å². The van der Waals surface area contributed by atoms with E-state index in [1.807, 2.05) is 12.1 Å². The molecule has 0 bridgehead atoms. The van der Waals surface area contributed by atoms with Gasteiger partial charge in [-0.2, -0.15) is 0 Å². The number of aryl methyl sites for hydroxylation is 1. The maximum atomic E-state index is 9.63. The third kappa shape index (κ3) is 5.23. The summed E-state index contributed by atoms with van der Waals surface area (Å²) in [5.41, 5.74) is 5.61. The van der Waals surface area contributed by atoms with E-state index in [1.165, 1.54) is 16.7 Å². The summed E-state index contributed by atoms with van der Waals surface area (Å²) in [6.07, 6.45) is 8.03. The van der Waals surface area contributed by atoms with Crippen molar-refractivity contribution in [2.24, 2.45) is 4.99 Å². The SMILES string of the molecule is CCC1=C(Nc2cc(OC)c(OC)c(OC)c2)N=C(n2cc(C)c(CN3CC(O)C3)c2)C(C)=CC1. The molecule has 3 heterocycles. The lowest BCUT2D eigenvalue weighted by molar-refractivity contribution is -0.00294. The van der Waals surface area contributed by atoms with E-state index in [0.717, 1.165) is 55.4 Å². The fraction of sp³-hybridized carbons (Fsp3) is 0.444. The number of ether oxygens (including phenoxy) is 3. The summed E-state index contributed by atoms with van der Waals surface area (Å²) in [5.74, 6) is 3.44. The fourth-order valence-corrected chi connectivity index (χ4v) is 4.52. The predicted octanol–water partition coefficient (Wildman–Crippen LogP) is 4.33. The fourth-order valence-electron chi connectivity index (χ4n) is 4.52. The molecule has 2 aliphatic heterocycles. The number of benzene rings is 1.